The molecule has 5 rings (SSSR count). The Morgan fingerprint density at radius 2 is 1.76 bits per heavy atom. The van der Waals surface area contributed by atoms with Crippen LogP contribution in [0.4, 0.5) is 0 Å². The Bertz CT molecular complexity index is 1460. The van der Waals surface area contributed by atoms with Crippen LogP contribution in [-0.4, -0.2) is 65.5 Å². The number of carbonyl (C=O) groups is 4. The number of nitrogens with one attached hydrogen (secondary N) is 3. The molecular formula is C30H35N5O6. The molecule has 2 saturated heterocycles. The van der Waals surface area contributed by atoms with Crippen LogP contribution in [-0.2, 0) is 28.7 Å². The molecule has 3 N–H and O–H groups in total. The van der Waals surface area contributed by atoms with Crippen LogP contribution in [0.5, 0.6) is 0 Å². The van der Waals surface area contributed by atoms with Crippen molar-refractivity contribution in [1.82, 2.24) is 26.1 Å². The summed E-state index contributed by atoms with van der Waals surface area (Å²) in [5.74, 6) is -2.12. The van der Waals surface area contributed by atoms with Crippen molar-refractivity contribution in [3.8, 4) is 0 Å². The molecule has 0 spiro atoms. The summed E-state index contributed by atoms with van der Waals surface area (Å²) in [7, 11) is 0. The van der Waals surface area contributed by atoms with Crippen molar-refractivity contribution >= 4 is 40.7 Å². The molecule has 41 heavy (non-hydrogen) atoms. The lowest BCUT2D eigenvalue weighted by Crippen LogP contribution is -2.61. The van der Waals surface area contributed by atoms with Gasteiger partial charge >= 0.3 is 5.97 Å². The van der Waals surface area contributed by atoms with Crippen LogP contribution in [0.2, 0.25) is 0 Å². The van der Waals surface area contributed by atoms with Gasteiger partial charge in [0.25, 0.3) is 11.8 Å². The Balaban J connectivity index is 1.50. The van der Waals surface area contributed by atoms with Crippen LogP contribution in [0, 0.1) is 5.41 Å². The smallest absolute Gasteiger partial charge is 0.320 e. The lowest BCUT2D eigenvalue weighted by Gasteiger charge is -2.35. The molecule has 3 aliphatic heterocycles. The number of amides is 3. The molecule has 0 saturated carbocycles. The van der Waals surface area contributed by atoms with Gasteiger partial charge in [0, 0.05) is 17.5 Å². The van der Waals surface area contributed by atoms with E-state index in [9.17, 15) is 19.2 Å². The number of cyclic esters (lactones) is 1. The summed E-state index contributed by atoms with van der Waals surface area (Å²) in [6.45, 7) is 7.50. The zero-order valence-corrected chi connectivity index (χ0v) is 23.7. The molecule has 216 valence electrons. The van der Waals surface area contributed by atoms with Crippen LogP contribution in [0.15, 0.2) is 47.7 Å². The molecule has 3 amide bonds. The van der Waals surface area contributed by atoms with Crippen molar-refractivity contribution < 1.29 is 28.7 Å². The molecule has 11 nitrogen and oxygen atoms in total. The highest BCUT2D eigenvalue weighted by Gasteiger charge is 2.35. The predicted molar refractivity (Wildman–Crippen MR) is 151 cm³/mol. The third-order valence-electron chi connectivity index (χ3n) is 7.52. The summed E-state index contributed by atoms with van der Waals surface area (Å²) in [5, 5.41) is 7.95. The number of hydrazine groups is 1. The van der Waals surface area contributed by atoms with Crippen LogP contribution in [0.1, 0.15) is 57.8 Å². The lowest BCUT2D eigenvalue weighted by atomic mass is 9.92. The van der Waals surface area contributed by atoms with Crippen LogP contribution in [0.25, 0.3) is 17.0 Å². The van der Waals surface area contributed by atoms with Crippen LogP contribution >= 0.6 is 0 Å². The molecule has 5 bridgehead atoms. The second kappa shape index (κ2) is 11.4. The van der Waals surface area contributed by atoms with Crippen LogP contribution < -0.4 is 16.1 Å². The number of rotatable bonds is 0. The first-order valence-corrected chi connectivity index (χ1v) is 13.8. The highest BCUT2D eigenvalue weighted by atomic mass is 16.6. The molecule has 11 heteroatoms. The Morgan fingerprint density at radius 1 is 1.00 bits per heavy atom. The number of ether oxygens (including phenoxy) is 2. The van der Waals surface area contributed by atoms with Gasteiger partial charge in [0.2, 0.25) is 5.91 Å². The van der Waals surface area contributed by atoms with Crippen molar-refractivity contribution in [3.63, 3.8) is 0 Å². The summed E-state index contributed by atoms with van der Waals surface area (Å²) in [4.78, 5) is 57.7. The molecule has 0 unspecified atom stereocenters. The second-order valence-electron chi connectivity index (χ2n) is 11.3. The average molecular weight is 562 g/mol. The minimum absolute atomic E-state index is 0.156. The van der Waals surface area contributed by atoms with Gasteiger partial charge < -0.3 is 20.1 Å². The van der Waals surface area contributed by atoms with Gasteiger partial charge in [-0.2, -0.15) is 0 Å². The maximum atomic E-state index is 13.3. The van der Waals surface area contributed by atoms with Gasteiger partial charge in [0.1, 0.15) is 12.1 Å². The van der Waals surface area contributed by atoms with Gasteiger partial charge in [-0.25, -0.2) is 5.43 Å². The molecule has 0 radical (unpaired) electrons. The predicted octanol–water partition coefficient (Wildman–Crippen LogP) is 2.29. The van der Waals surface area contributed by atoms with E-state index in [0.717, 1.165) is 16.5 Å². The Hall–Kier alpha value is -4.09. The maximum absolute atomic E-state index is 13.3. The lowest BCUT2D eigenvalue weighted by molar-refractivity contribution is -0.150. The molecule has 3 aliphatic rings. The van der Waals surface area contributed by atoms with E-state index >= 15 is 0 Å². The summed E-state index contributed by atoms with van der Waals surface area (Å²) in [6, 6.07) is 7.66. The highest BCUT2D eigenvalue weighted by molar-refractivity contribution is 5.98. The summed E-state index contributed by atoms with van der Waals surface area (Å²) in [5.41, 5.74) is 4.73. The van der Waals surface area contributed by atoms with Crippen molar-refractivity contribution in [2.24, 2.45) is 5.41 Å². The number of aromatic nitrogens is 1. The number of benzene rings is 1. The first kappa shape index (κ1) is 28.4. The fourth-order valence-corrected chi connectivity index (χ4v) is 4.79. The third-order valence-corrected chi connectivity index (χ3v) is 7.52. The number of fused-ring (bicyclic) bond motifs is 4. The normalized spacial score (nSPS) is 26.6. The summed E-state index contributed by atoms with van der Waals surface area (Å²) < 4.78 is 10.8. The van der Waals surface area contributed by atoms with Gasteiger partial charge in [0.15, 0.2) is 5.76 Å². The van der Waals surface area contributed by atoms with Gasteiger partial charge in [-0.05, 0) is 58.2 Å². The SMILES string of the molecule is C[C@@H]1NC(=O)C(=C2COC2)OC(=O)C(C)(C)/C=C/c2ccc3ccc(nc3c2)[C@@H](C)NC(=O)[C@@H]2CCCN(N2)C1=O. The molecule has 1 aromatic carbocycles. The van der Waals surface area contributed by atoms with Crippen molar-refractivity contribution in [2.45, 2.75) is 58.7 Å². The minimum atomic E-state index is -1.08. The molecule has 1 aromatic heterocycles. The Labute approximate surface area is 238 Å². The first-order chi connectivity index (χ1) is 19.5. The zero-order chi connectivity index (χ0) is 29.3. The van der Waals surface area contributed by atoms with E-state index in [2.05, 4.69) is 16.1 Å². The van der Waals surface area contributed by atoms with Gasteiger partial charge in [-0.15, -0.1) is 0 Å². The number of hydrogen-bond donors (Lipinski definition) is 3. The fourth-order valence-electron chi connectivity index (χ4n) is 4.79. The number of hydrogen-bond acceptors (Lipinski definition) is 8. The Morgan fingerprint density at radius 3 is 2.49 bits per heavy atom. The van der Waals surface area contributed by atoms with E-state index in [-0.39, 0.29) is 30.9 Å². The van der Waals surface area contributed by atoms with Crippen molar-refractivity contribution in [2.75, 3.05) is 19.8 Å². The third kappa shape index (κ3) is 6.15. The molecule has 3 atom stereocenters. The second-order valence-corrected chi connectivity index (χ2v) is 11.3. The Kier molecular flexibility index (Phi) is 7.92. The fraction of sp³-hybridized carbons (Fsp3) is 0.433. The van der Waals surface area contributed by atoms with E-state index in [1.54, 1.807) is 26.8 Å². The monoisotopic (exact) mass is 561 g/mol. The highest BCUT2D eigenvalue weighted by Crippen LogP contribution is 2.26. The summed E-state index contributed by atoms with van der Waals surface area (Å²) in [6.07, 6.45) is 4.68. The first-order valence-electron chi connectivity index (χ1n) is 13.8. The quantitative estimate of drug-likeness (QED) is 0.329. The zero-order valence-electron chi connectivity index (χ0n) is 23.7. The standard InChI is InChI=1S/C30H35N5O6/c1-17-22-10-9-20-8-7-19(14-24(20)33-22)11-12-30(3,4)29(39)41-25(21-15-40-16-21)27(37)32-18(2)28(38)35-13-5-6-23(34-35)26(36)31-17/h7-12,14,17-18,23,34H,5-6,13,15-16H2,1-4H3,(H,31,36)(H,32,37)/b12-11+/t17-,18+,23+/m1/s1. The molecule has 2 fully saturated rings. The van der Waals surface area contributed by atoms with E-state index in [1.807, 2.05) is 43.3 Å². The van der Waals surface area contributed by atoms with Gasteiger partial charge in [-0.3, -0.25) is 29.2 Å². The van der Waals surface area contributed by atoms with E-state index in [4.69, 9.17) is 14.5 Å². The van der Waals surface area contributed by atoms with E-state index in [1.165, 1.54) is 5.01 Å². The van der Waals surface area contributed by atoms with Crippen LogP contribution in [0.3, 0.4) is 0 Å². The van der Waals surface area contributed by atoms with Crippen molar-refractivity contribution in [1.29, 1.82) is 0 Å². The van der Waals surface area contributed by atoms with Crippen molar-refractivity contribution in [3.05, 3.63) is 59.0 Å². The maximum Gasteiger partial charge on any atom is 0.320 e. The van der Waals surface area contributed by atoms with Gasteiger partial charge in [-0.1, -0.05) is 30.4 Å². The number of esters is 1. The summed E-state index contributed by atoms with van der Waals surface area (Å²) >= 11 is 0. The molecule has 2 aromatic rings. The molecule has 0 aliphatic carbocycles. The minimum Gasteiger partial charge on any atom is -0.420 e. The average Bonchev–Trinajstić information content (AvgIpc) is 2.93. The molecular weight excluding hydrogens is 526 g/mol. The molecule has 4 heterocycles. The number of pyridine rings is 1. The number of nitrogens with zero attached hydrogens (tertiary/aromatic N) is 2. The van der Waals surface area contributed by atoms with E-state index in [0.29, 0.717) is 30.7 Å². The topological polar surface area (TPSA) is 139 Å². The van der Waals surface area contributed by atoms with Gasteiger partial charge in [0.05, 0.1) is 35.9 Å². The number of carbonyl (C=O) groups excluding carboxylic acids is 4. The largest absolute Gasteiger partial charge is 0.420 e. The van der Waals surface area contributed by atoms with E-state index < -0.39 is 35.3 Å².